The number of alkyl halides is 3. The zero-order valence-electron chi connectivity index (χ0n) is 14.3. The van der Waals surface area contributed by atoms with Gasteiger partial charge in [0.15, 0.2) is 0 Å². The van der Waals surface area contributed by atoms with Crippen molar-refractivity contribution < 1.29 is 37.2 Å². The van der Waals surface area contributed by atoms with Gasteiger partial charge in [-0.15, -0.1) is 0 Å². The number of fused-ring (bicyclic) bond motifs is 1. The van der Waals surface area contributed by atoms with Crippen molar-refractivity contribution in [3.8, 4) is 0 Å². The number of benzene rings is 1. The lowest BCUT2D eigenvalue weighted by Crippen LogP contribution is -2.39. The second-order valence-electron chi connectivity index (χ2n) is 6.66. The van der Waals surface area contributed by atoms with E-state index in [-0.39, 0.29) is 5.46 Å². The Hall–Kier alpha value is -2.27. The van der Waals surface area contributed by atoms with Crippen molar-refractivity contribution in [3.63, 3.8) is 0 Å². The molecule has 0 saturated heterocycles. The molecule has 1 unspecified atom stereocenters. The fraction of sp³-hybridized carbons (Fsp3) is 0.467. The molecule has 2 amide bonds. The van der Waals surface area contributed by atoms with Crippen LogP contribution >= 0.6 is 0 Å². The number of anilines is 1. The number of amides is 2. The van der Waals surface area contributed by atoms with E-state index in [1.807, 2.05) is 0 Å². The summed E-state index contributed by atoms with van der Waals surface area (Å²) in [6, 6.07) is 4.40. The number of ether oxygens (including phenoxy) is 1. The fourth-order valence-electron chi connectivity index (χ4n) is 2.33. The third-order valence-electron chi connectivity index (χ3n) is 3.34. The average Bonchev–Trinajstić information content (AvgIpc) is 2.78. The van der Waals surface area contributed by atoms with Crippen molar-refractivity contribution in [1.29, 1.82) is 0 Å². The van der Waals surface area contributed by atoms with Crippen molar-refractivity contribution >= 4 is 30.3 Å². The summed E-state index contributed by atoms with van der Waals surface area (Å²) >= 11 is 0. The number of carbonyl (C=O) groups excluding carboxylic acids is 2. The topological polar surface area (TPSA) is 96.9 Å². The molecule has 26 heavy (non-hydrogen) atoms. The molecule has 0 saturated carbocycles. The lowest BCUT2D eigenvalue weighted by atomic mass is 9.79. The minimum atomic E-state index is -5.00. The molecule has 2 rings (SSSR count). The first-order valence-corrected chi connectivity index (χ1v) is 7.69. The monoisotopic (exact) mass is 374 g/mol. The summed E-state index contributed by atoms with van der Waals surface area (Å²) in [7, 11) is -1.39. The minimum absolute atomic E-state index is 0.282. The zero-order valence-corrected chi connectivity index (χ0v) is 14.3. The molecule has 1 atom stereocenters. The number of rotatable bonds is 3. The Morgan fingerprint density at radius 1 is 1.31 bits per heavy atom. The number of halogens is 3. The van der Waals surface area contributed by atoms with E-state index < -0.39 is 43.5 Å². The maximum absolute atomic E-state index is 12.2. The number of hydrogen-bond donors (Lipinski definition) is 3. The van der Waals surface area contributed by atoms with Gasteiger partial charge < -0.3 is 19.7 Å². The van der Waals surface area contributed by atoms with Gasteiger partial charge in [-0.2, -0.15) is 13.2 Å². The summed E-state index contributed by atoms with van der Waals surface area (Å²) in [5.74, 6) is -2.09. The molecule has 1 aromatic carbocycles. The molecule has 142 valence electrons. The summed E-state index contributed by atoms with van der Waals surface area (Å²) in [5, 5.41) is 14.1. The van der Waals surface area contributed by atoms with E-state index >= 15 is 0 Å². The first-order valence-electron chi connectivity index (χ1n) is 7.69. The number of nitrogens with one attached hydrogen (secondary N) is 2. The molecule has 0 bridgehead atoms. The largest absolute Gasteiger partial charge is 0.492 e. The van der Waals surface area contributed by atoms with E-state index in [2.05, 4.69) is 5.32 Å². The standard InChI is InChI=1S/C15H18BF3N2O5/c1-14(2,3)25-13(23)21-8-4-5-9-10(6-8)16(24)26-11(9)7-20-12(22)15(17,18)19/h4-6,11,24H,7H2,1-3H3,(H,20,22)(H,21,23). The van der Waals surface area contributed by atoms with E-state index in [1.165, 1.54) is 18.2 Å². The van der Waals surface area contributed by atoms with Crippen LogP contribution in [0.15, 0.2) is 18.2 Å². The van der Waals surface area contributed by atoms with Gasteiger partial charge in [-0.05, 0) is 43.9 Å². The number of hydrogen-bond acceptors (Lipinski definition) is 5. The second-order valence-corrected chi connectivity index (χ2v) is 6.66. The highest BCUT2D eigenvalue weighted by atomic mass is 19.4. The Balaban J connectivity index is 2.06. The molecule has 0 aliphatic carbocycles. The van der Waals surface area contributed by atoms with Crippen LogP contribution in [-0.4, -0.2) is 42.5 Å². The van der Waals surface area contributed by atoms with Crippen molar-refractivity contribution in [2.45, 2.75) is 38.7 Å². The van der Waals surface area contributed by atoms with E-state index in [0.29, 0.717) is 11.3 Å². The van der Waals surface area contributed by atoms with Crippen LogP contribution in [-0.2, 0) is 14.2 Å². The Morgan fingerprint density at radius 3 is 2.54 bits per heavy atom. The first kappa shape index (κ1) is 20.1. The highest BCUT2D eigenvalue weighted by Crippen LogP contribution is 2.25. The smallest absolute Gasteiger partial charge is 0.444 e. The Kier molecular flexibility index (Phi) is 5.52. The molecule has 0 aromatic heterocycles. The summed E-state index contributed by atoms with van der Waals surface area (Å²) < 4.78 is 47.0. The molecule has 11 heteroatoms. The van der Waals surface area contributed by atoms with E-state index in [9.17, 15) is 27.8 Å². The van der Waals surface area contributed by atoms with Gasteiger partial charge in [0.1, 0.15) is 5.60 Å². The lowest BCUT2D eigenvalue weighted by molar-refractivity contribution is -0.173. The maximum atomic E-state index is 12.2. The Morgan fingerprint density at radius 2 is 1.96 bits per heavy atom. The van der Waals surface area contributed by atoms with Gasteiger partial charge in [-0.25, -0.2) is 4.79 Å². The van der Waals surface area contributed by atoms with Gasteiger partial charge >= 0.3 is 25.3 Å². The molecule has 0 radical (unpaired) electrons. The third-order valence-corrected chi connectivity index (χ3v) is 3.34. The van der Waals surface area contributed by atoms with Crippen LogP contribution in [0.25, 0.3) is 0 Å². The zero-order chi connectivity index (χ0) is 19.7. The van der Waals surface area contributed by atoms with Crippen molar-refractivity contribution in [1.82, 2.24) is 5.32 Å². The Bertz CT molecular complexity index is 706. The van der Waals surface area contributed by atoms with E-state index in [1.54, 1.807) is 26.1 Å². The molecule has 1 heterocycles. The average molecular weight is 374 g/mol. The van der Waals surface area contributed by atoms with Crippen LogP contribution in [0, 0.1) is 0 Å². The predicted octanol–water partition coefficient (Wildman–Crippen LogP) is 1.47. The summed E-state index contributed by atoms with van der Waals surface area (Å²) in [5.41, 5.74) is 0.325. The molecule has 1 aromatic rings. The second kappa shape index (κ2) is 7.16. The quantitative estimate of drug-likeness (QED) is 0.697. The predicted molar refractivity (Wildman–Crippen MR) is 86.8 cm³/mol. The molecule has 1 aliphatic heterocycles. The molecule has 7 nitrogen and oxygen atoms in total. The van der Waals surface area contributed by atoms with Crippen LogP contribution < -0.4 is 16.1 Å². The highest BCUT2D eigenvalue weighted by molar-refractivity contribution is 6.62. The van der Waals surface area contributed by atoms with Gasteiger partial charge in [-0.1, -0.05) is 6.07 Å². The minimum Gasteiger partial charge on any atom is -0.444 e. The SMILES string of the molecule is CC(C)(C)OC(=O)Nc1ccc2c(c1)B(O)OC2CNC(=O)C(F)(F)F. The highest BCUT2D eigenvalue weighted by Gasteiger charge is 2.40. The molecule has 0 fully saturated rings. The fourth-order valence-corrected chi connectivity index (χ4v) is 2.33. The van der Waals surface area contributed by atoms with Crippen LogP contribution in [0.1, 0.15) is 32.4 Å². The van der Waals surface area contributed by atoms with E-state index in [4.69, 9.17) is 9.39 Å². The van der Waals surface area contributed by atoms with Gasteiger partial charge in [0.05, 0.1) is 6.10 Å². The summed E-state index contributed by atoms with van der Waals surface area (Å²) in [4.78, 5) is 22.7. The molecule has 3 N–H and O–H groups in total. The molecule has 0 spiro atoms. The van der Waals surface area contributed by atoms with Gasteiger partial charge in [-0.3, -0.25) is 10.1 Å². The maximum Gasteiger partial charge on any atom is 0.492 e. The van der Waals surface area contributed by atoms with Crippen molar-refractivity contribution in [3.05, 3.63) is 23.8 Å². The third kappa shape index (κ3) is 5.12. The summed E-state index contributed by atoms with van der Waals surface area (Å²) in [6.45, 7) is 4.65. The van der Waals surface area contributed by atoms with Gasteiger partial charge in [0.25, 0.3) is 0 Å². The molecular weight excluding hydrogens is 356 g/mol. The number of carbonyl (C=O) groups is 2. The van der Waals surface area contributed by atoms with Crippen LogP contribution in [0.5, 0.6) is 0 Å². The Labute approximate surface area is 148 Å². The van der Waals surface area contributed by atoms with Crippen LogP contribution in [0.4, 0.5) is 23.7 Å². The molecular formula is C15H18BF3N2O5. The van der Waals surface area contributed by atoms with E-state index in [0.717, 1.165) is 0 Å². The van der Waals surface area contributed by atoms with Gasteiger partial charge in [0, 0.05) is 12.2 Å². The summed E-state index contributed by atoms with van der Waals surface area (Å²) in [6.07, 6.45) is -6.64. The lowest BCUT2D eigenvalue weighted by Gasteiger charge is -2.20. The normalized spacial score (nSPS) is 16.9. The van der Waals surface area contributed by atoms with Gasteiger partial charge in [0.2, 0.25) is 0 Å². The molecule has 1 aliphatic rings. The van der Waals surface area contributed by atoms with Crippen LogP contribution in [0.2, 0.25) is 0 Å². The van der Waals surface area contributed by atoms with Crippen molar-refractivity contribution in [2.75, 3.05) is 11.9 Å². The van der Waals surface area contributed by atoms with Crippen LogP contribution in [0.3, 0.4) is 0 Å². The van der Waals surface area contributed by atoms with Crippen molar-refractivity contribution in [2.24, 2.45) is 0 Å². The first-order chi connectivity index (χ1) is 11.9.